The maximum Gasteiger partial charge on any atom is 0.128 e. The Balaban J connectivity index is 1.45. The molecule has 29 heavy (non-hydrogen) atoms. The summed E-state index contributed by atoms with van der Waals surface area (Å²) in [5, 5.41) is 0. The minimum atomic E-state index is 0.757. The molecule has 4 aromatic rings. The van der Waals surface area contributed by atoms with Crippen molar-refractivity contribution in [1.82, 2.24) is 0 Å². The molecule has 136 valence electrons. The lowest BCUT2D eigenvalue weighted by atomic mass is 10.1. The van der Waals surface area contributed by atoms with Gasteiger partial charge in [-0.15, -0.1) is 0 Å². The first-order valence-corrected chi connectivity index (χ1v) is 9.37. The van der Waals surface area contributed by atoms with Gasteiger partial charge in [0.25, 0.3) is 0 Å². The Morgan fingerprint density at radius 3 is 1.45 bits per heavy atom. The summed E-state index contributed by atoms with van der Waals surface area (Å²) in [6, 6.07) is 35.5. The van der Waals surface area contributed by atoms with Crippen molar-refractivity contribution in [2.75, 3.05) is 0 Å². The van der Waals surface area contributed by atoms with Crippen LogP contribution in [-0.4, -0.2) is 0 Å². The molecular formula is C28H18O. The van der Waals surface area contributed by atoms with Crippen LogP contribution in [0.3, 0.4) is 0 Å². The van der Waals surface area contributed by atoms with E-state index in [0.717, 1.165) is 33.8 Å². The Morgan fingerprint density at radius 2 is 0.862 bits per heavy atom. The number of benzene rings is 4. The number of rotatable bonds is 2. The molecule has 0 aromatic heterocycles. The molecule has 0 spiro atoms. The zero-order valence-corrected chi connectivity index (χ0v) is 15.8. The van der Waals surface area contributed by atoms with Gasteiger partial charge in [-0.05, 0) is 66.7 Å². The lowest BCUT2D eigenvalue weighted by Crippen LogP contribution is -1.85. The summed E-state index contributed by atoms with van der Waals surface area (Å²) in [5.74, 6) is 14.2. The Hall–Kier alpha value is -4.20. The van der Waals surface area contributed by atoms with Crippen molar-refractivity contribution in [3.8, 4) is 35.2 Å². The lowest BCUT2D eigenvalue weighted by molar-refractivity contribution is 0.482. The minimum absolute atomic E-state index is 0.757. The second-order valence-electron chi connectivity index (χ2n) is 6.39. The first kappa shape index (κ1) is 18.2. The fourth-order valence-electron chi connectivity index (χ4n) is 2.71. The van der Waals surface area contributed by atoms with E-state index in [1.807, 2.05) is 109 Å². The molecule has 0 atom stereocenters. The highest BCUT2D eigenvalue weighted by Gasteiger charge is 1.98. The molecule has 0 N–H and O–H groups in total. The average Bonchev–Trinajstić information content (AvgIpc) is 2.79. The topological polar surface area (TPSA) is 9.23 Å². The molecule has 4 aromatic carbocycles. The zero-order chi connectivity index (χ0) is 19.7. The zero-order valence-electron chi connectivity index (χ0n) is 15.8. The number of hydrogen-bond acceptors (Lipinski definition) is 1. The van der Waals surface area contributed by atoms with Crippen molar-refractivity contribution in [2.45, 2.75) is 0 Å². The van der Waals surface area contributed by atoms with Crippen molar-refractivity contribution < 1.29 is 4.74 Å². The number of ether oxygens (including phenoxy) is 1. The Bertz CT molecular complexity index is 1200. The van der Waals surface area contributed by atoms with E-state index in [-0.39, 0.29) is 0 Å². The molecule has 0 heterocycles. The van der Waals surface area contributed by atoms with Gasteiger partial charge in [-0.2, -0.15) is 0 Å². The van der Waals surface area contributed by atoms with E-state index in [1.165, 1.54) is 0 Å². The third kappa shape index (κ3) is 5.39. The van der Waals surface area contributed by atoms with Crippen LogP contribution in [0.2, 0.25) is 0 Å². The van der Waals surface area contributed by atoms with Crippen LogP contribution >= 0.6 is 0 Å². The molecule has 0 radical (unpaired) electrons. The van der Waals surface area contributed by atoms with E-state index in [4.69, 9.17) is 4.74 Å². The average molecular weight is 370 g/mol. The monoisotopic (exact) mass is 370 g/mol. The molecule has 0 saturated carbocycles. The van der Waals surface area contributed by atoms with Gasteiger partial charge in [-0.1, -0.05) is 66.1 Å². The summed E-state index contributed by atoms with van der Waals surface area (Å²) in [7, 11) is 0. The standard InChI is InChI=1S/C28H18O/c1-3-8-23(9-4-1)14-15-25-18-20-27(21-19-25)29-28-13-7-12-26(22-28)17-16-24-10-5-2-6-11-24/h1-13,18-22H. The Kier molecular flexibility index (Phi) is 5.73. The third-order valence-corrected chi connectivity index (χ3v) is 4.17. The van der Waals surface area contributed by atoms with Crippen molar-refractivity contribution in [3.63, 3.8) is 0 Å². The summed E-state index contributed by atoms with van der Waals surface area (Å²) in [5.41, 5.74) is 3.85. The van der Waals surface area contributed by atoms with Crippen molar-refractivity contribution in [3.05, 3.63) is 131 Å². The van der Waals surface area contributed by atoms with Crippen LogP contribution in [0.4, 0.5) is 0 Å². The molecule has 1 nitrogen and oxygen atoms in total. The van der Waals surface area contributed by atoms with Crippen LogP contribution in [-0.2, 0) is 0 Å². The molecular weight excluding hydrogens is 352 g/mol. The van der Waals surface area contributed by atoms with Crippen LogP contribution in [0.1, 0.15) is 22.3 Å². The molecule has 1 heteroatoms. The van der Waals surface area contributed by atoms with Gasteiger partial charge in [0.15, 0.2) is 0 Å². The smallest absolute Gasteiger partial charge is 0.128 e. The van der Waals surface area contributed by atoms with E-state index >= 15 is 0 Å². The minimum Gasteiger partial charge on any atom is -0.457 e. The predicted octanol–water partition coefficient (Wildman–Crippen LogP) is 6.28. The Morgan fingerprint density at radius 1 is 0.379 bits per heavy atom. The summed E-state index contributed by atoms with van der Waals surface area (Å²) in [6.45, 7) is 0. The first-order valence-electron chi connectivity index (χ1n) is 9.37. The molecule has 0 unspecified atom stereocenters. The van der Waals surface area contributed by atoms with Crippen LogP contribution in [0.25, 0.3) is 0 Å². The molecule has 0 fully saturated rings. The lowest BCUT2D eigenvalue weighted by Gasteiger charge is -2.06. The van der Waals surface area contributed by atoms with E-state index < -0.39 is 0 Å². The largest absolute Gasteiger partial charge is 0.457 e. The van der Waals surface area contributed by atoms with Gasteiger partial charge in [-0.25, -0.2) is 0 Å². The highest BCUT2D eigenvalue weighted by atomic mass is 16.5. The SMILES string of the molecule is C(#Cc1ccc(Oc2cccc(C#Cc3ccccc3)c2)cc1)c1ccccc1. The van der Waals surface area contributed by atoms with Gasteiger partial charge in [0.2, 0.25) is 0 Å². The molecule has 0 aliphatic carbocycles. The van der Waals surface area contributed by atoms with Gasteiger partial charge < -0.3 is 4.74 Å². The molecule has 0 amide bonds. The highest BCUT2D eigenvalue weighted by molar-refractivity contribution is 5.47. The van der Waals surface area contributed by atoms with Crippen molar-refractivity contribution in [1.29, 1.82) is 0 Å². The predicted molar refractivity (Wildman–Crippen MR) is 118 cm³/mol. The van der Waals surface area contributed by atoms with E-state index in [0.29, 0.717) is 0 Å². The number of hydrogen-bond donors (Lipinski definition) is 0. The Labute approximate surface area is 171 Å². The summed E-state index contributed by atoms with van der Waals surface area (Å²) in [6.07, 6.45) is 0. The van der Waals surface area contributed by atoms with Crippen molar-refractivity contribution >= 4 is 0 Å². The van der Waals surface area contributed by atoms with E-state index in [9.17, 15) is 0 Å². The van der Waals surface area contributed by atoms with Gasteiger partial charge in [0.1, 0.15) is 11.5 Å². The summed E-state index contributed by atoms with van der Waals surface area (Å²) < 4.78 is 5.97. The quantitative estimate of drug-likeness (QED) is 0.377. The third-order valence-electron chi connectivity index (χ3n) is 4.17. The second-order valence-corrected chi connectivity index (χ2v) is 6.39. The molecule has 0 aliphatic heterocycles. The molecule has 0 aliphatic rings. The van der Waals surface area contributed by atoms with Crippen LogP contribution < -0.4 is 4.74 Å². The molecule has 0 bridgehead atoms. The maximum atomic E-state index is 5.97. The van der Waals surface area contributed by atoms with Gasteiger partial charge in [-0.3, -0.25) is 0 Å². The fraction of sp³-hybridized carbons (Fsp3) is 0. The van der Waals surface area contributed by atoms with Crippen LogP contribution in [0.15, 0.2) is 109 Å². The fourth-order valence-corrected chi connectivity index (χ4v) is 2.71. The second kappa shape index (κ2) is 9.14. The van der Waals surface area contributed by atoms with Crippen molar-refractivity contribution in [2.24, 2.45) is 0 Å². The van der Waals surface area contributed by atoms with E-state index in [1.54, 1.807) is 0 Å². The molecule has 4 rings (SSSR count). The first-order chi connectivity index (χ1) is 14.3. The maximum absolute atomic E-state index is 5.97. The van der Waals surface area contributed by atoms with Crippen LogP contribution in [0.5, 0.6) is 11.5 Å². The van der Waals surface area contributed by atoms with Crippen LogP contribution in [0, 0.1) is 23.7 Å². The van der Waals surface area contributed by atoms with Gasteiger partial charge in [0, 0.05) is 22.3 Å². The van der Waals surface area contributed by atoms with E-state index in [2.05, 4.69) is 23.7 Å². The summed E-state index contributed by atoms with van der Waals surface area (Å²) in [4.78, 5) is 0. The normalized spacial score (nSPS) is 9.52. The summed E-state index contributed by atoms with van der Waals surface area (Å²) >= 11 is 0. The van der Waals surface area contributed by atoms with Gasteiger partial charge >= 0.3 is 0 Å². The van der Waals surface area contributed by atoms with Gasteiger partial charge in [0.05, 0.1) is 0 Å². The molecule has 0 saturated heterocycles. The highest BCUT2D eigenvalue weighted by Crippen LogP contribution is 2.22.